The van der Waals surface area contributed by atoms with E-state index in [-0.39, 0.29) is 17.6 Å². The molecule has 26 heavy (non-hydrogen) atoms. The van der Waals surface area contributed by atoms with Crippen molar-refractivity contribution in [1.29, 1.82) is 0 Å². The number of carbonyl (C=O) groups is 1. The Morgan fingerprint density at radius 2 is 2.00 bits per heavy atom. The Morgan fingerprint density at radius 3 is 2.73 bits per heavy atom. The highest BCUT2D eigenvalue weighted by Crippen LogP contribution is 2.26. The molecule has 0 N–H and O–H groups in total. The minimum atomic E-state index is -0.173. The van der Waals surface area contributed by atoms with Gasteiger partial charge >= 0.3 is 0 Å². The molecule has 134 valence electrons. The highest BCUT2D eigenvalue weighted by atomic mass is 35.5. The van der Waals surface area contributed by atoms with Crippen LogP contribution in [0.25, 0.3) is 11.5 Å². The van der Waals surface area contributed by atoms with Gasteiger partial charge in [-0.3, -0.25) is 4.79 Å². The second-order valence-corrected chi connectivity index (χ2v) is 6.37. The van der Waals surface area contributed by atoms with Gasteiger partial charge in [0.2, 0.25) is 11.8 Å². The number of aromatic nitrogens is 3. The summed E-state index contributed by atoms with van der Waals surface area (Å²) in [5.41, 5.74) is 1.12. The van der Waals surface area contributed by atoms with Crippen LogP contribution in [0.15, 0.2) is 47.0 Å². The first-order chi connectivity index (χ1) is 12.6. The molecule has 0 saturated heterocycles. The molecule has 0 aliphatic heterocycles. The zero-order valence-electron chi connectivity index (χ0n) is 14.0. The fourth-order valence-electron chi connectivity index (χ4n) is 2.46. The van der Waals surface area contributed by atoms with Gasteiger partial charge in [0.15, 0.2) is 0 Å². The second-order valence-electron chi connectivity index (χ2n) is 5.57. The minimum absolute atomic E-state index is 0.173. The van der Waals surface area contributed by atoms with Crippen LogP contribution in [0.1, 0.15) is 29.6 Å². The van der Waals surface area contributed by atoms with Gasteiger partial charge in [0, 0.05) is 18.3 Å². The average Bonchev–Trinajstić information content (AvgIpc) is 3.09. The first-order valence-corrected chi connectivity index (χ1v) is 8.82. The van der Waals surface area contributed by atoms with Crippen LogP contribution in [0, 0.1) is 0 Å². The number of hydrogen-bond acceptors (Lipinski definition) is 5. The maximum Gasteiger partial charge on any atom is 0.254 e. The molecule has 0 aliphatic rings. The molecule has 1 aromatic carbocycles. The molecule has 0 fully saturated rings. The number of halogens is 2. The summed E-state index contributed by atoms with van der Waals surface area (Å²) in [6.45, 7) is 2.73. The van der Waals surface area contributed by atoms with E-state index in [9.17, 15) is 4.79 Å². The van der Waals surface area contributed by atoms with Crippen LogP contribution in [-0.2, 0) is 6.54 Å². The maximum absolute atomic E-state index is 12.8. The number of amides is 1. The summed E-state index contributed by atoms with van der Waals surface area (Å²) in [5, 5.41) is 8.87. The Kier molecular flexibility index (Phi) is 5.85. The molecule has 0 spiro atoms. The Morgan fingerprint density at radius 1 is 1.19 bits per heavy atom. The second kappa shape index (κ2) is 8.29. The van der Waals surface area contributed by atoms with E-state index in [2.05, 4.69) is 15.2 Å². The van der Waals surface area contributed by atoms with E-state index >= 15 is 0 Å². The summed E-state index contributed by atoms with van der Waals surface area (Å²) in [4.78, 5) is 18.3. The average molecular weight is 391 g/mol. The van der Waals surface area contributed by atoms with Gasteiger partial charge in [0.25, 0.3) is 5.91 Å². The molecule has 0 saturated carbocycles. The quantitative estimate of drug-likeness (QED) is 0.579. The first kappa shape index (κ1) is 18.4. The standard InChI is InChI=1S/C18H16Cl2N4O2/c1-2-9-24(18(25)12-7-8-21-15(20)10-12)11-16-22-23-17(26-16)13-5-3-4-6-14(13)19/h3-8,10H,2,9,11H2,1H3. The van der Waals surface area contributed by atoms with Crippen molar-refractivity contribution in [3.63, 3.8) is 0 Å². The Bertz CT molecular complexity index is 913. The highest BCUT2D eigenvalue weighted by molar-refractivity contribution is 6.33. The number of rotatable bonds is 6. The molecule has 3 rings (SSSR count). The van der Waals surface area contributed by atoms with Gasteiger partial charge in [0.1, 0.15) is 5.15 Å². The molecular formula is C18H16Cl2N4O2. The molecule has 0 bridgehead atoms. The normalized spacial score (nSPS) is 10.7. The van der Waals surface area contributed by atoms with E-state index in [1.165, 1.54) is 12.3 Å². The largest absolute Gasteiger partial charge is 0.419 e. The third kappa shape index (κ3) is 4.20. The SMILES string of the molecule is CCCN(Cc1nnc(-c2ccccc2Cl)o1)C(=O)c1ccnc(Cl)c1. The van der Waals surface area contributed by atoms with Crippen molar-refractivity contribution in [2.45, 2.75) is 19.9 Å². The lowest BCUT2D eigenvalue weighted by molar-refractivity contribution is 0.0728. The lowest BCUT2D eigenvalue weighted by Gasteiger charge is -2.20. The fourth-order valence-corrected chi connectivity index (χ4v) is 2.86. The van der Waals surface area contributed by atoms with E-state index in [1.54, 1.807) is 23.1 Å². The van der Waals surface area contributed by atoms with Gasteiger partial charge in [-0.2, -0.15) is 0 Å². The van der Waals surface area contributed by atoms with E-state index in [0.29, 0.717) is 34.5 Å². The Balaban J connectivity index is 1.81. The summed E-state index contributed by atoms with van der Waals surface area (Å²) in [6.07, 6.45) is 2.29. The molecule has 6 nitrogen and oxygen atoms in total. The Labute approximate surface area is 160 Å². The van der Waals surface area contributed by atoms with E-state index in [0.717, 1.165) is 6.42 Å². The van der Waals surface area contributed by atoms with Gasteiger partial charge in [-0.25, -0.2) is 4.98 Å². The molecule has 2 heterocycles. The van der Waals surface area contributed by atoms with Crippen LogP contribution in [-0.4, -0.2) is 32.5 Å². The predicted octanol–water partition coefficient (Wildman–Crippen LogP) is 4.49. The van der Waals surface area contributed by atoms with Crippen molar-refractivity contribution in [3.05, 3.63) is 64.2 Å². The van der Waals surface area contributed by atoms with Crippen LogP contribution < -0.4 is 0 Å². The Hall–Kier alpha value is -2.44. The van der Waals surface area contributed by atoms with Crippen LogP contribution in [0.5, 0.6) is 0 Å². The molecule has 0 unspecified atom stereocenters. The van der Waals surface area contributed by atoms with Crippen LogP contribution in [0.3, 0.4) is 0 Å². The summed E-state index contributed by atoms with van der Waals surface area (Å²) in [6, 6.07) is 10.4. The zero-order chi connectivity index (χ0) is 18.5. The van der Waals surface area contributed by atoms with Crippen LogP contribution in [0.4, 0.5) is 0 Å². The smallest absolute Gasteiger partial charge is 0.254 e. The molecular weight excluding hydrogens is 375 g/mol. The van der Waals surface area contributed by atoms with Crippen molar-refractivity contribution >= 4 is 29.1 Å². The molecule has 8 heteroatoms. The number of hydrogen-bond donors (Lipinski definition) is 0. The van der Waals surface area contributed by atoms with Gasteiger partial charge < -0.3 is 9.32 Å². The van der Waals surface area contributed by atoms with Crippen LogP contribution in [0.2, 0.25) is 10.2 Å². The van der Waals surface area contributed by atoms with Gasteiger partial charge in [-0.15, -0.1) is 10.2 Å². The number of pyridine rings is 1. The molecule has 0 atom stereocenters. The molecule has 0 aliphatic carbocycles. The minimum Gasteiger partial charge on any atom is -0.419 e. The number of benzene rings is 1. The van der Waals surface area contributed by atoms with Crippen molar-refractivity contribution in [3.8, 4) is 11.5 Å². The lowest BCUT2D eigenvalue weighted by Crippen LogP contribution is -2.31. The highest BCUT2D eigenvalue weighted by Gasteiger charge is 2.19. The topological polar surface area (TPSA) is 72.1 Å². The molecule has 2 aromatic heterocycles. The fraction of sp³-hybridized carbons (Fsp3) is 0.222. The van der Waals surface area contributed by atoms with E-state index in [1.807, 2.05) is 19.1 Å². The summed E-state index contributed by atoms with van der Waals surface area (Å²) in [7, 11) is 0. The summed E-state index contributed by atoms with van der Waals surface area (Å²) >= 11 is 12.0. The third-order valence-corrected chi connectivity index (χ3v) is 4.19. The first-order valence-electron chi connectivity index (χ1n) is 8.06. The van der Waals surface area contributed by atoms with Crippen molar-refractivity contribution < 1.29 is 9.21 Å². The lowest BCUT2D eigenvalue weighted by atomic mass is 10.2. The molecule has 0 radical (unpaired) electrons. The van der Waals surface area contributed by atoms with Crippen molar-refractivity contribution in [2.24, 2.45) is 0 Å². The third-order valence-electron chi connectivity index (χ3n) is 3.65. The predicted molar refractivity (Wildman–Crippen MR) is 99.0 cm³/mol. The summed E-state index contributed by atoms with van der Waals surface area (Å²) in [5.74, 6) is 0.483. The number of carbonyl (C=O) groups excluding carboxylic acids is 1. The van der Waals surface area contributed by atoms with Crippen LogP contribution >= 0.6 is 23.2 Å². The van der Waals surface area contributed by atoms with E-state index < -0.39 is 0 Å². The van der Waals surface area contributed by atoms with Crippen molar-refractivity contribution in [2.75, 3.05) is 6.54 Å². The van der Waals surface area contributed by atoms with Gasteiger partial charge in [-0.05, 0) is 30.7 Å². The van der Waals surface area contributed by atoms with Gasteiger partial charge in [-0.1, -0.05) is 42.3 Å². The van der Waals surface area contributed by atoms with Crippen molar-refractivity contribution in [1.82, 2.24) is 20.1 Å². The summed E-state index contributed by atoms with van der Waals surface area (Å²) < 4.78 is 5.70. The monoisotopic (exact) mass is 390 g/mol. The maximum atomic E-state index is 12.8. The zero-order valence-corrected chi connectivity index (χ0v) is 15.5. The van der Waals surface area contributed by atoms with E-state index in [4.69, 9.17) is 27.6 Å². The van der Waals surface area contributed by atoms with Gasteiger partial charge in [0.05, 0.1) is 17.1 Å². The molecule has 1 amide bonds. The molecule has 3 aromatic rings. The number of nitrogens with zero attached hydrogens (tertiary/aromatic N) is 4.